The van der Waals surface area contributed by atoms with Gasteiger partial charge in [0.25, 0.3) is 0 Å². The lowest BCUT2D eigenvalue weighted by Gasteiger charge is -2.39. The fraction of sp³-hybridized carbons (Fsp3) is 1.00. The summed E-state index contributed by atoms with van der Waals surface area (Å²) in [6.07, 6.45) is 6.88. The van der Waals surface area contributed by atoms with Crippen molar-refractivity contribution in [3.63, 3.8) is 0 Å². The molecule has 0 radical (unpaired) electrons. The average molecular weight is 182 g/mol. The first-order chi connectivity index (χ1) is 6.37. The van der Waals surface area contributed by atoms with Gasteiger partial charge in [-0.1, -0.05) is 6.92 Å². The number of rotatable bonds is 2. The topological polar surface area (TPSA) is 24.1 Å². The van der Waals surface area contributed by atoms with Crippen molar-refractivity contribution >= 4 is 0 Å². The van der Waals surface area contributed by atoms with E-state index < -0.39 is 0 Å². The van der Waals surface area contributed by atoms with E-state index in [1.165, 1.54) is 51.7 Å². The Morgan fingerprint density at radius 2 is 2.23 bits per heavy atom. The van der Waals surface area contributed by atoms with Gasteiger partial charge in [0.15, 0.2) is 0 Å². The summed E-state index contributed by atoms with van der Waals surface area (Å²) in [5, 5.41) is 7.28. The third-order valence-corrected chi connectivity index (χ3v) is 3.99. The lowest BCUT2D eigenvalue weighted by atomic mass is 9.76. The molecule has 2 heterocycles. The van der Waals surface area contributed by atoms with Crippen LogP contribution in [0.15, 0.2) is 0 Å². The minimum Gasteiger partial charge on any atom is -0.316 e. The van der Waals surface area contributed by atoms with Crippen molar-refractivity contribution in [2.75, 3.05) is 19.6 Å². The molecule has 2 aliphatic heterocycles. The molecule has 0 amide bonds. The molecule has 76 valence electrons. The van der Waals surface area contributed by atoms with E-state index in [9.17, 15) is 0 Å². The van der Waals surface area contributed by atoms with Crippen molar-refractivity contribution < 1.29 is 0 Å². The maximum Gasteiger partial charge on any atom is 0.0219 e. The van der Waals surface area contributed by atoms with Crippen LogP contribution in [0.3, 0.4) is 0 Å². The molecule has 2 aliphatic rings. The van der Waals surface area contributed by atoms with Crippen molar-refractivity contribution in [1.82, 2.24) is 10.6 Å². The summed E-state index contributed by atoms with van der Waals surface area (Å²) < 4.78 is 0. The van der Waals surface area contributed by atoms with Gasteiger partial charge in [0, 0.05) is 5.54 Å². The van der Waals surface area contributed by atoms with Crippen molar-refractivity contribution in [2.24, 2.45) is 5.92 Å². The number of hydrogen-bond acceptors (Lipinski definition) is 2. The zero-order chi connectivity index (χ0) is 9.15. The predicted molar refractivity (Wildman–Crippen MR) is 55.9 cm³/mol. The highest BCUT2D eigenvalue weighted by molar-refractivity contribution is 4.99. The van der Waals surface area contributed by atoms with Gasteiger partial charge in [-0.2, -0.15) is 0 Å². The molecule has 2 saturated heterocycles. The van der Waals surface area contributed by atoms with Crippen molar-refractivity contribution in [3.05, 3.63) is 0 Å². The highest BCUT2D eigenvalue weighted by atomic mass is 15.0. The van der Waals surface area contributed by atoms with Crippen molar-refractivity contribution in [3.8, 4) is 0 Å². The van der Waals surface area contributed by atoms with Crippen molar-refractivity contribution in [1.29, 1.82) is 0 Å². The number of nitrogens with one attached hydrogen (secondary N) is 2. The Morgan fingerprint density at radius 3 is 2.77 bits per heavy atom. The Bertz CT molecular complexity index is 155. The lowest BCUT2D eigenvalue weighted by molar-refractivity contribution is 0.187. The molecule has 0 bridgehead atoms. The van der Waals surface area contributed by atoms with E-state index in [-0.39, 0.29) is 0 Å². The third kappa shape index (κ3) is 1.75. The van der Waals surface area contributed by atoms with Gasteiger partial charge in [0.2, 0.25) is 0 Å². The Morgan fingerprint density at radius 1 is 1.31 bits per heavy atom. The molecular formula is C11H22N2. The van der Waals surface area contributed by atoms with E-state index >= 15 is 0 Å². The standard InChI is InChI=1S/C11H22N2/c1-2-11(6-4-8-13-11)10-5-3-7-12-9-10/h10,12-13H,2-9H2,1H3. The summed E-state index contributed by atoms with van der Waals surface area (Å²) in [6.45, 7) is 6.05. The summed E-state index contributed by atoms with van der Waals surface area (Å²) >= 11 is 0. The van der Waals surface area contributed by atoms with Crippen LogP contribution in [-0.4, -0.2) is 25.2 Å². The Labute approximate surface area is 81.5 Å². The molecular weight excluding hydrogens is 160 g/mol. The maximum atomic E-state index is 3.75. The second kappa shape index (κ2) is 3.97. The second-order valence-electron chi connectivity index (χ2n) is 4.58. The van der Waals surface area contributed by atoms with E-state index in [0.717, 1.165) is 5.92 Å². The van der Waals surface area contributed by atoms with Crippen LogP contribution in [0, 0.1) is 5.92 Å². The van der Waals surface area contributed by atoms with Crippen LogP contribution >= 0.6 is 0 Å². The van der Waals surface area contributed by atoms with E-state index in [1.807, 2.05) is 0 Å². The Kier molecular flexibility index (Phi) is 2.89. The zero-order valence-electron chi connectivity index (χ0n) is 8.73. The Balaban J connectivity index is 2.01. The average Bonchev–Trinajstić information content (AvgIpc) is 2.69. The van der Waals surface area contributed by atoms with Crippen LogP contribution in [0.5, 0.6) is 0 Å². The molecule has 0 aliphatic carbocycles. The highest BCUT2D eigenvalue weighted by Crippen LogP contribution is 2.34. The van der Waals surface area contributed by atoms with Crippen LogP contribution in [0.25, 0.3) is 0 Å². The third-order valence-electron chi connectivity index (χ3n) is 3.99. The van der Waals surface area contributed by atoms with Gasteiger partial charge in [-0.25, -0.2) is 0 Å². The predicted octanol–water partition coefficient (Wildman–Crippen LogP) is 1.52. The van der Waals surface area contributed by atoms with Gasteiger partial charge in [-0.05, 0) is 57.7 Å². The van der Waals surface area contributed by atoms with Gasteiger partial charge in [-0.3, -0.25) is 0 Å². The minimum absolute atomic E-state index is 0.493. The van der Waals surface area contributed by atoms with Crippen molar-refractivity contribution in [2.45, 2.75) is 44.6 Å². The Hall–Kier alpha value is -0.0800. The molecule has 0 saturated carbocycles. The SMILES string of the molecule is CCC1(C2CCCNC2)CCCN1. The lowest BCUT2D eigenvalue weighted by Crippen LogP contribution is -2.51. The monoisotopic (exact) mass is 182 g/mol. The van der Waals surface area contributed by atoms with Crippen LogP contribution < -0.4 is 10.6 Å². The first-order valence-electron chi connectivity index (χ1n) is 5.83. The maximum absolute atomic E-state index is 3.75. The van der Waals surface area contributed by atoms with Crippen LogP contribution in [0.2, 0.25) is 0 Å². The molecule has 2 unspecified atom stereocenters. The molecule has 2 atom stereocenters. The van der Waals surface area contributed by atoms with Gasteiger partial charge in [0.1, 0.15) is 0 Å². The summed E-state index contributed by atoms with van der Waals surface area (Å²) in [5.74, 6) is 0.883. The molecule has 0 aromatic carbocycles. The van der Waals surface area contributed by atoms with E-state index in [1.54, 1.807) is 0 Å². The molecule has 2 nitrogen and oxygen atoms in total. The summed E-state index contributed by atoms with van der Waals surface area (Å²) in [7, 11) is 0. The molecule has 2 N–H and O–H groups in total. The number of piperidine rings is 1. The fourth-order valence-corrected chi connectivity index (χ4v) is 3.09. The highest BCUT2D eigenvalue weighted by Gasteiger charge is 2.39. The summed E-state index contributed by atoms with van der Waals surface area (Å²) in [4.78, 5) is 0. The number of hydrogen-bond donors (Lipinski definition) is 2. The van der Waals surface area contributed by atoms with Gasteiger partial charge < -0.3 is 10.6 Å². The van der Waals surface area contributed by atoms with Crippen LogP contribution in [0.1, 0.15) is 39.0 Å². The molecule has 2 heteroatoms. The fourth-order valence-electron chi connectivity index (χ4n) is 3.09. The van der Waals surface area contributed by atoms with E-state index in [2.05, 4.69) is 17.6 Å². The zero-order valence-corrected chi connectivity index (χ0v) is 8.73. The smallest absolute Gasteiger partial charge is 0.0219 e. The second-order valence-corrected chi connectivity index (χ2v) is 4.58. The van der Waals surface area contributed by atoms with Crippen LogP contribution in [-0.2, 0) is 0 Å². The van der Waals surface area contributed by atoms with Gasteiger partial charge >= 0.3 is 0 Å². The largest absolute Gasteiger partial charge is 0.316 e. The van der Waals surface area contributed by atoms with Gasteiger partial charge in [0.05, 0.1) is 0 Å². The minimum atomic E-state index is 0.493. The molecule has 2 fully saturated rings. The quantitative estimate of drug-likeness (QED) is 0.676. The molecule has 0 aromatic rings. The normalized spacial score (nSPS) is 40.8. The molecule has 0 spiro atoms. The molecule has 13 heavy (non-hydrogen) atoms. The van der Waals surface area contributed by atoms with Gasteiger partial charge in [-0.15, -0.1) is 0 Å². The molecule has 2 rings (SSSR count). The summed E-state index contributed by atoms with van der Waals surface area (Å²) in [5.41, 5.74) is 0.493. The van der Waals surface area contributed by atoms with E-state index in [0.29, 0.717) is 5.54 Å². The molecule has 0 aromatic heterocycles. The summed E-state index contributed by atoms with van der Waals surface area (Å²) in [6, 6.07) is 0. The first-order valence-corrected chi connectivity index (χ1v) is 5.83. The van der Waals surface area contributed by atoms with Crippen LogP contribution in [0.4, 0.5) is 0 Å². The first kappa shape index (κ1) is 9.47. The van der Waals surface area contributed by atoms with E-state index in [4.69, 9.17) is 0 Å².